The number of carbonyl (C=O) groups excluding carboxylic acids is 4. The molecule has 0 spiro atoms. The molecule has 5 amide bonds. The molecule has 0 bridgehead atoms. The monoisotopic (exact) mass is 616 g/mol. The van der Waals surface area contributed by atoms with Crippen molar-refractivity contribution in [1.82, 2.24) is 15.1 Å². The quantitative estimate of drug-likeness (QED) is 0.277. The molecule has 3 aliphatic rings. The third-order valence-corrected chi connectivity index (χ3v) is 9.66. The van der Waals surface area contributed by atoms with E-state index in [0.717, 1.165) is 37.2 Å². The maximum atomic E-state index is 14.0. The van der Waals surface area contributed by atoms with Gasteiger partial charge in [0.15, 0.2) is 0 Å². The fraction of sp³-hybridized carbons (Fsp3) is 0.514. The van der Waals surface area contributed by atoms with Crippen molar-refractivity contribution in [1.29, 1.82) is 0 Å². The van der Waals surface area contributed by atoms with Crippen molar-refractivity contribution >= 4 is 35.4 Å². The number of anilines is 1. The maximum Gasteiger partial charge on any atom is 0.322 e. The summed E-state index contributed by atoms with van der Waals surface area (Å²) in [5, 5.41) is 14.4. The van der Waals surface area contributed by atoms with Crippen LogP contribution in [-0.2, 0) is 11.3 Å². The fourth-order valence-corrected chi connectivity index (χ4v) is 7.26. The summed E-state index contributed by atoms with van der Waals surface area (Å²) in [6.07, 6.45) is 10.3. The van der Waals surface area contributed by atoms with Crippen molar-refractivity contribution in [3.8, 4) is 0 Å². The number of rotatable bonds is 10. The first-order chi connectivity index (χ1) is 21.6. The molecule has 2 aliphatic carbocycles. The van der Waals surface area contributed by atoms with E-state index in [4.69, 9.17) is 5.11 Å². The summed E-state index contributed by atoms with van der Waals surface area (Å²) in [6, 6.07) is 11.3. The third-order valence-electron chi connectivity index (χ3n) is 9.66. The van der Waals surface area contributed by atoms with Crippen LogP contribution in [0.4, 0.5) is 10.5 Å². The van der Waals surface area contributed by atoms with Crippen molar-refractivity contribution in [2.75, 3.05) is 11.9 Å². The highest BCUT2D eigenvalue weighted by molar-refractivity contribution is 6.24. The second-order valence-corrected chi connectivity index (χ2v) is 12.9. The zero-order valence-electron chi connectivity index (χ0n) is 26.2. The molecule has 10 nitrogen and oxygen atoms in total. The number of nitrogens with zero attached hydrogens (tertiary/aromatic N) is 2. The Hall–Kier alpha value is -4.21. The lowest BCUT2D eigenvalue weighted by Gasteiger charge is -2.40. The average molecular weight is 617 g/mol. The number of carboxylic acids is 1. The lowest BCUT2D eigenvalue weighted by atomic mass is 9.72. The number of hydrogen-bond donors (Lipinski definition) is 3. The van der Waals surface area contributed by atoms with Crippen LogP contribution in [-0.4, -0.2) is 63.3 Å². The molecule has 0 atom stereocenters. The normalized spacial score (nSPS) is 20.2. The van der Waals surface area contributed by atoms with Gasteiger partial charge in [-0.3, -0.25) is 24.1 Å². The van der Waals surface area contributed by atoms with Crippen LogP contribution in [0, 0.1) is 11.8 Å². The van der Waals surface area contributed by atoms with Gasteiger partial charge in [0, 0.05) is 30.7 Å². The van der Waals surface area contributed by atoms with E-state index in [0.29, 0.717) is 29.3 Å². The van der Waals surface area contributed by atoms with Crippen LogP contribution < -0.4 is 10.6 Å². The third kappa shape index (κ3) is 7.37. The van der Waals surface area contributed by atoms with E-state index < -0.39 is 11.9 Å². The van der Waals surface area contributed by atoms with E-state index in [1.807, 2.05) is 17.0 Å². The number of carbonyl (C=O) groups is 5. The molecule has 0 saturated heterocycles. The molecular formula is C35H44N4O6. The summed E-state index contributed by atoms with van der Waals surface area (Å²) in [5.74, 6) is -0.635. The Labute approximate surface area is 264 Å². The van der Waals surface area contributed by atoms with Crippen LogP contribution in [0.5, 0.6) is 0 Å². The van der Waals surface area contributed by atoms with Gasteiger partial charge in [0.05, 0.1) is 23.2 Å². The van der Waals surface area contributed by atoms with Gasteiger partial charge < -0.3 is 20.6 Å². The second-order valence-electron chi connectivity index (χ2n) is 12.9. The Morgan fingerprint density at radius 1 is 0.889 bits per heavy atom. The van der Waals surface area contributed by atoms with Gasteiger partial charge >= 0.3 is 12.0 Å². The Kier molecular flexibility index (Phi) is 10.2. The van der Waals surface area contributed by atoms with Crippen LogP contribution >= 0.6 is 0 Å². The first-order valence-corrected chi connectivity index (χ1v) is 16.3. The maximum absolute atomic E-state index is 14.0. The van der Waals surface area contributed by atoms with E-state index in [2.05, 4.69) is 10.6 Å². The standard InChI is InChI=1S/C35H44N4O6/c1-22(2)39-33(43)28-9-6-10-29(31(28)34(39)44)37-35(45)38(27-17-15-25(16-18-27)24-7-4-3-5-8-24)21-23-11-13-26(14-12-23)32(42)36-20-19-30(40)41/h6,9-14,22,24-25,27H,3-5,7-8,15-21H2,1-2H3,(H,36,42)(H,37,45)(H,40,41). The topological polar surface area (TPSA) is 136 Å². The van der Waals surface area contributed by atoms with E-state index in [1.54, 1.807) is 44.2 Å². The minimum absolute atomic E-state index is 0.00471. The highest BCUT2D eigenvalue weighted by atomic mass is 16.4. The number of nitrogens with one attached hydrogen (secondary N) is 2. The Bertz CT molecular complexity index is 1420. The smallest absolute Gasteiger partial charge is 0.322 e. The van der Waals surface area contributed by atoms with Crippen molar-refractivity contribution < 1.29 is 29.1 Å². The van der Waals surface area contributed by atoms with Gasteiger partial charge in [0.25, 0.3) is 17.7 Å². The lowest BCUT2D eigenvalue weighted by molar-refractivity contribution is -0.136. The molecule has 2 aromatic rings. The molecule has 0 unspecified atom stereocenters. The highest BCUT2D eigenvalue weighted by Crippen LogP contribution is 2.40. The van der Waals surface area contributed by atoms with E-state index in [-0.39, 0.29) is 48.5 Å². The molecule has 5 rings (SSSR count). The number of amides is 5. The van der Waals surface area contributed by atoms with Crippen molar-refractivity contribution in [3.05, 3.63) is 64.7 Å². The second kappa shape index (κ2) is 14.3. The van der Waals surface area contributed by atoms with E-state index in [9.17, 15) is 24.0 Å². The van der Waals surface area contributed by atoms with Crippen LogP contribution in [0.3, 0.4) is 0 Å². The number of hydrogen-bond acceptors (Lipinski definition) is 5. The molecular weight excluding hydrogens is 572 g/mol. The molecule has 1 aliphatic heterocycles. The minimum Gasteiger partial charge on any atom is -0.481 e. The van der Waals surface area contributed by atoms with Gasteiger partial charge in [-0.1, -0.05) is 50.3 Å². The van der Waals surface area contributed by atoms with Crippen LogP contribution in [0.15, 0.2) is 42.5 Å². The molecule has 45 heavy (non-hydrogen) atoms. The summed E-state index contributed by atoms with van der Waals surface area (Å²) in [4.78, 5) is 66.6. The molecule has 1 heterocycles. The number of fused-ring (bicyclic) bond motifs is 1. The summed E-state index contributed by atoms with van der Waals surface area (Å²) in [6.45, 7) is 3.93. The number of carboxylic acid groups (broad SMARTS) is 1. The molecule has 2 aromatic carbocycles. The molecule has 2 fully saturated rings. The van der Waals surface area contributed by atoms with Crippen molar-refractivity contribution in [3.63, 3.8) is 0 Å². The molecule has 240 valence electrons. The largest absolute Gasteiger partial charge is 0.481 e. The molecule has 3 N–H and O–H groups in total. The number of urea groups is 1. The predicted molar refractivity (Wildman–Crippen MR) is 170 cm³/mol. The van der Waals surface area contributed by atoms with Gasteiger partial charge in [0.2, 0.25) is 0 Å². The predicted octanol–water partition coefficient (Wildman–Crippen LogP) is 6.07. The Balaban J connectivity index is 1.33. The molecule has 0 aromatic heterocycles. The highest BCUT2D eigenvalue weighted by Gasteiger charge is 2.40. The van der Waals surface area contributed by atoms with E-state index in [1.165, 1.54) is 37.0 Å². The zero-order chi connectivity index (χ0) is 32.1. The van der Waals surface area contributed by atoms with Crippen LogP contribution in [0.1, 0.15) is 115 Å². The zero-order valence-corrected chi connectivity index (χ0v) is 26.2. The van der Waals surface area contributed by atoms with Crippen molar-refractivity contribution in [2.24, 2.45) is 11.8 Å². The first-order valence-electron chi connectivity index (χ1n) is 16.3. The average Bonchev–Trinajstić information content (AvgIpc) is 3.30. The van der Waals surface area contributed by atoms with Crippen molar-refractivity contribution in [2.45, 2.75) is 96.7 Å². The van der Waals surface area contributed by atoms with Gasteiger partial charge in [-0.15, -0.1) is 0 Å². The number of benzene rings is 2. The van der Waals surface area contributed by atoms with Crippen LogP contribution in [0.2, 0.25) is 0 Å². The fourth-order valence-electron chi connectivity index (χ4n) is 7.26. The van der Waals surface area contributed by atoms with Crippen LogP contribution in [0.25, 0.3) is 0 Å². The van der Waals surface area contributed by atoms with E-state index >= 15 is 0 Å². The Morgan fingerprint density at radius 2 is 1.56 bits per heavy atom. The summed E-state index contributed by atoms with van der Waals surface area (Å²) in [7, 11) is 0. The first kappa shape index (κ1) is 32.2. The molecule has 2 saturated carbocycles. The number of imide groups is 1. The lowest BCUT2D eigenvalue weighted by Crippen LogP contribution is -2.45. The summed E-state index contributed by atoms with van der Waals surface area (Å²) >= 11 is 0. The molecule has 0 radical (unpaired) electrons. The van der Waals surface area contributed by atoms with Gasteiger partial charge in [0.1, 0.15) is 0 Å². The summed E-state index contributed by atoms with van der Waals surface area (Å²) < 4.78 is 0. The van der Waals surface area contributed by atoms with Gasteiger partial charge in [-0.25, -0.2) is 4.79 Å². The SMILES string of the molecule is CC(C)N1C(=O)c2cccc(NC(=O)N(Cc3ccc(C(=O)NCCC(=O)O)cc3)C3CCC(C4CCCCC4)CC3)c2C1=O. The molecule has 10 heteroatoms. The minimum atomic E-state index is -0.981. The van der Waals surface area contributed by atoms with Gasteiger partial charge in [-0.2, -0.15) is 0 Å². The Morgan fingerprint density at radius 3 is 2.20 bits per heavy atom. The van der Waals surface area contributed by atoms with Gasteiger partial charge in [-0.05, 0) is 81.2 Å². The summed E-state index contributed by atoms with van der Waals surface area (Å²) in [5.41, 5.74) is 2.10. The number of aliphatic carboxylic acids is 1.